The van der Waals surface area contributed by atoms with Crippen LogP contribution in [0, 0.1) is 5.92 Å². The number of amides is 2. The average Bonchev–Trinajstić information content (AvgIpc) is 2.61. The topological polar surface area (TPSA) is 87.9 Å². The fourth-order valence-corrected chi connectivity index (χ4v) is 2.68. The number of carbonyl (C=O) groups excluding carboxylic acids is 2. The second kappa shape index (κ2) is 12.1. The van der Waals surface area contributed by atoms with Crippen molar-refractivity contribution in [2.45, 2.75) is 13.3 Å². The molecule has 166 valence electrons. The van der Waals surface area contributed by atoms with Crippen LogP contribution in [-0.4, -0.2) is 67.2 Å². The highest BCUT2D eigenvalue weighted by atomic mass is 35.5. The molecule has 2 amide bonds. The molecule has 1 aromatic rings. The molecule has 0 radical (unpaired) electrons. The van der Waals surface area contributed by atoms with Gasteiger partial charge in [0.1, 0.15) is 5.75 Å². The molecular weight excluding hydrogens is 436 g/mol. The molecule has 12 heteroatoms. The maximum Gasteiger partial charge on any atom is 0.573 e. The number of anilines is 1. The van der Waals surface area contributed by atoms with E-state index in [4.69, 9.17) is 5.73 Å². The highest BCUT2D eigenvalue weighted by Gasteiger charge is 2.31. The number of hydrogen-bond donors (Lipinski definition) is 2. The van der Waals surface area contributed by atoms with Crippen LogP contribution in [0.15, 0.2) is 24.3 Å². The summed E-state index contributed by atoms with van der Waals surface area (Å²) in [6.45, 7) is 4.40. The van der Waals surface area contributed by atoms with E-state index in [-0.39, 0.29) is 54.8 Å². The van der Waals surface area contributed by atoms with Gasteiger partial charge in [0.25, 0.3) is 0 Å². The van der Waals surface area contributed by atoms with Gasteiger partial charge in [-0.05, 0) is 24.3 Å². The van der Waals surface area contributed by atoms with E-state index in [1.807, 2.05) is 4.90 Å². The molecule has 1 heterocycles. The van der Waals surface area contributed by atoms with Crippen LogP contribution < -0.4 is 15.8 Å². The summed E-state index contributed by atoms with van der Waals surface area (Å²) in [5.74, 6) is -0.838. The van der Waals surface area contributed by atoms with E-state index in [0.717, 1.165) is 12.1 Å². The Hall–Kier alpha value is -1.75. The Kier molecular flexibility index (Phi) is 11.3. The van der Waals surface area contributed by atoms with E-state index in [2.05, 4.69) is 10.1 Å². The van der Waals surface area contributed by atoms with Gasteiger partial charge >= 0.3 is 6.36 Å². The van der Waals surface area contributed by atoms with Crippen molar-refractivity contribution in [1.82, 2.24) is 9.80 Å². The number of hydrogen-bond acceptors (Lipinski definition) is 5. The number of ether oxygens (including phenoxy) is 1. The largest absolute Gasteiger partial charge is 0.573 e. The van der Waals surface area contributed by atoms with Gasteiger partial charge in [-0.3, -0.25) is 14.5 Å². The number of halogens is 5. The van der Waals surface area contributed by atoms with Crippen LogP contribution in [0.2, 0.25) is 0 Å². The van der Waals surface area contributed by atoms with E-state index in [9.17, 15) is 22.8 Å². The number of nitrogens with two attached hydrogens (primary N) is 1. The third-order valence-electron chi connectivity index (χ3n) is 4.20. The van der Waals surface area contributed by atoms with Crippen molar-refractivity contribution in [2.24, 2.45) is 11.7 Å². The Bertz CT molecular complexity index is 654. The monoisotopic (exact) mass is 460 g/mol. The lowest BCUT2D eigenvalue weighted by atomic mass is 10.1. The smallest absolute Gasteiger partial charge is 0.406 e. The summed E-state index contributed by atoms with van der Waals surface area (Å²) in [4.78, 5) is 27.8. The summed E-state index contributed by atoms with van der Waals surface area (Å²) in [5, 5.41) is 2.63. The van der Waals surface area contributed by atoms with Gasteiger partial charge in [-0.1, -0.05) is 6.92 Å². The van der Waals surface area contributed by atoms with E-state index in [1.54, 1.807) is 11.8 Å². The van der Waals surface area contributed by atoms with Crippen molar-refractivity contribution in [2.75, 3.05) is 44.6 Å². The minimum Gasteiger partial charge on any atom is -0.406 e. The Labute approximate surface area is 179 Å². The zero-order chi connectivity index (χ0) is 20.0. The summed E-state index contributed by atoms with van der Waals surface area (Å²) < 4.78 is 40.2. The predicted molar refractivity (Wildman–Crippen MR) is 107 cm³/mol. The minimum atomic E-state index is -4.75. The molecule has 1 unspecified atom stereocenters. The fourth-order valence-electron chi connectivity index (χ4n) is 2.68. The number of benzene rings is 1. The van der Waals surface area contributed by atoms with Gasteiger partial charge in [-0.25, -0.2) is 0 Å². The minimum absolute atomic E-state index is 0. The first-order valence-corrected chi connectivity index (χ1v) is 8.55. The summed E-state index contributed by atoms with van der Waals surface area (Å²) in [6, 6.07) is 4.94. The van der Waals surface area contributed by atoms with Crippen LogP contribution in [0.4, 0.5) is 18.9 Å². The second-order valence-electron chi connectivity index (χ2n) is 6.36. The van der Waals surface area contributed by atoms with Crippen molar-refractivity contribution in [1.29, 1.82) is 0 Å². The first-order valence-electron chi connectivity index (χ1n) is 8.55. The Morgan fingerprint density at radius 2 is 1.69 bits per heavy atom. The third-order valence-corrected chi connectivity index (χ3v) is 4.20. The third kappa shape index (κ3) is 9.07. The summed E-state index contributed by atoms with van der Waals surface area (Å²) in [7, 11) is 0. The lowest BCUT2D eigenvalue weighted by Gasteiger charge is -2.35. The van der Waals surface area contributed by atoms with E-state index in [1.165, 1.54) is 12.1 Å². The molecule has 1 saturated heterocycles. The maximum atomic E-state index is 12.1. The van der Waals surface area contributed by atoms with Gasteiger partial charge in [0.15, 0.2) is 0 Å². The van der Waals surface area contributed by atoms with Crippen molar-refractivity contribution in [3.63, 3.8) is 0 Å². The van der Waals surface area contributed by atoms with Crippen LogP contribution >= 0.6 is 24.8 Å². The van der Waals surface area contributed by atoms with E-state index in [0.29, 0.717) is 38.4 Å². The van der Waals surface area contributed by atoms with Crippen LogP contribution in [0.1, 0.15) is 6.92 Å². The normalized spacial score (nSPS) is 15.6. The summed E-state index contributed by atoms with van der Waals surface area (Å²) >= 11 is 0. The van der Waals surface area contributed by atoms with Gasteiger partial charge in [0, 0.05) is 44.3 Å². The van der Waals surface area contributed by atoms with Crippen LogP contribution in [0.3, 0.4) is 0 Å². The lowest BCUT2D eigenvalue weighted by Crippen LogP contribution is -2.52. The summed E-state index contributed by atoms with van der Waals surface area (Å²) in [6.07, 6.45) is -4.75. The zero-order valence-corrected chi connectivity index (χ0v) is 17.4. The number of piperazine rings is 1. The maximum absolute atomic E-state index is 12.1. The zero-order valence-electron chi connectivity index (χ0n) is 15.8. The number of alkyl halides is 3. The van der Waals surface area contributed by atoms with Crippen LogP contribution in [0.25, 0.3) is 0 Å². The van der Waals surface area contributed by atoms with E-state index >= 15 is 0 Å². The molecule has 0 aliphatic carbocycles. The number of nitrogens with one attached hydrogen (secondary N) is 1. The Morgan fingerprint density at radius 1 is 1.14 bits per heavy atom. The van der Waals surface area contributed by atoms with Gasteiger partial charge in [0.05, 0.1) is 6.54 Å². The van der Waals surface area contributed by atoms with Crippen molar-refractivity contribution < 1.29 is 27.5 Å². The molecule has 0 bridgehead atoms. The molecule has 1 aliphatic rings. The van der Waals surface area contributed by atoms with Gasteiger partial charge < -0.3 is 20.7 Å². The average molecular weight is 461 g/mol. The molecule has 0 saturated carbocycles. The van der Waals surface area contributed by atoms with Crippen molar-refractivity contribution in [3.05, 3.63) is 24.3 Å². The standard InChI is InChI=1S/C17H23F3N4O3.2ClH/c1-12(10-21)16(26)24-8-6-23(7-9-24)11-15(25)22-13-2-4-14(5-3-13)27-17(18,19)20;;/h2-5,12H,6-11,21H2,1H3,(H,22,25);2*1H. The van der Waals surface area contributed by atoms with Gasteiger partial charge in [-0.15, -0.1) is 38.0 Å². The SMILES string of the molecule is CC(CN)C(=O)N1CCN(CC(=O)Nc2ccc(OC(F)(F)F)cc2)CC1.Cl.Cl. The number of rotatable bonds is 6. The number of carbonyl (C=O) groups is 2. The molecule has 0 aromatic heterocycles. The first kappa shape index (κ1) is 27.2. The highest BCUT2D eigenvalue weighted by molar-refractivity contribution is 5.92. The quantitative estimate of drug-likeness (QED) is 0.678. The highest BCUT2D eigenvalue weighted by Crippen LogP contribution is 2.23. The van der Waals surface area contributed by atoms with Gasteiger partial charge in [-0.2, -0.15) is 0 Å². The van der Waals surface area contributed by atoms with Crippen LogP contribution in [0.5, 0.6) is 5.75 Å². The first-order chi connectivity index (χ1) is 12.7. The molecule has 29 heavy (non-hydrogen) atoms. The number of nitrogens with zero attached hydrogens (tertiary/aromatic N) is 2. The molecule has 1 aliphatic heterocycles. The molecular formula is C17H25Cl2F3N4O3. The molecule has 2 rings (SSSR count). The second-order valence-corrected chi connectivity index (χ2v) is 6.36. The van der Waals surface area contributed by atoms with Crippen molar-refractivity contribution in [3.8, 4) is 5.75 Å². The van der Waals surface area contributed by atoms with Crippen molar-refractivity contribution >= 4 is 42.3 Å². The Balaban J connectivity index is 0.00000392. The molecule has 1 fully saturated rings. The molecule has 3 N–H and O–H groups in total. The fraction of sp³-hybridized carbons (Fsp3) is 0.529. The molecule has 1 aromatic carbocycles. The molecule has 7 nitrogen and oxygen atoms in total. The van der Waals surface area contributed by atoms with Crippen LogP contribution in [-0.2, 0) is 9.59 Å². The van der Waals surface area contributed by atoms with Gasteiger partial charge in [0.2, 0.25) is 11.8 Å². The lowest BCUT2D eigenvalue weighted by molar-refractivity contribution is -0.274. The summed E-state index contributed by atoms with van der Waals surface area (Å²) in [5.41, 5.74) is 5.89. The predicted octanol–water partition coefficient (Wildman–Crippen LogP) is 2.11. The molecule has 1 atom stereocenters. The molecule has 0 spiro atoms. The Morgan fingerprint density at radius 3 is 2.17 bits per heavy atom. The van der Waals surface area contributed by atoms with E-state index < -0.39 is 6.36 Å².